The van der Waals surface area contributed by atoms with Crippen LogP contribution in [0.25, 0.3) is 11.0 Å². The summed E-state index contributed by atoms with van der Waals surface area (Å²) in [5.41, 5.74) is 0.858. The average Bonchev–Trinajstić information content (AvgIpc) is 2.80. The van der Waals surface area contributed by atoms with Crippen molar-refractivity contribution in [2.24, 2.45) is 7.05 Å². The molecule has 2 N–H and O–H groups in total. The predicted molar refractivity (Wildman–Crippen MR) is 78.3 cm³/mol. The summed E-state index contributed by atoms with van der Waals surface area (Å²) in [5, 5.41) is 16.7. The Bertz CT molecular complexity index is 782. The summed E-state index contributed by atoms with van der Waals surface area (Å²) < 4.78 is 24.5. The first-order chi connectivity index (χ1) is 9.85. The summed E-state index contributed by atoms with van der Waals surface area (Å²) in [4.78, 5) is 15.3. The Balaban J connectivity index is 2.36. The van der Waals surface area contributed by atoms with Crippen molar-refractivity contribution in [2.45, 2.75) is 6.92 Å². The van der Waals surface area contributed by atoms with Crippen molar-refractivity contribution in [3.63, 3.8) is 0 Å². The molecular formula is C12H16N4O4S. The van der Waals surface area contributed by atoms with Crippen LogP contribution in [0, 0.1) is 0 Å². The second-order valence-corrected chi connectivity index (χ2v) is 6.99. The molecule has 114 valence electrons. The molecule has 2 aromatic heterocycles. The van der Waals surface area contributed by atoms with Crippen LogP contribution in [0.3, 0.4) is 0 Å². The Morgan fingerprint density at radius 3 is 2.76 bits per heavy atom. The van der Waals surface area contributed by atoms with Gasteiger partial charge in [-0.3, -0.25) is 4.68 Å². The Morgan fingerprint density at radius 1 is 1.43 bits per heavy atom. The van der Waals surface area contributed by atoms with Gasteiger partial charge in [0.1, 0.15) is 5.56 Å². The Hall–Kier alpha value is -2.16. The highest BCUT2D eigenvalue weighted by Crippen LogP contribution is 2.25. The molecule has 2 rings (SSSR count). The molecule has 2 heterocycles. The number of carbonyl (C=O) groups is 1. The van der Waals surface area contributed by atoms with E-state index in [-0.39, 0.29) is 23.6 Å². The molecule has 0 aliphatic rings. The number of anilines is 1. The minimum atomic E-state index is -3.12. The summed E-state index contributed by atoms with van der Waals surface area (Å²) in [7, 11) is -1.42. The smallest absolute Gasteiger partial charge is 0.339 e. The first-order valence-corrected chi connectivity index (χ1v) is 8.16. The third-order valence-electron chi connectivity index (χ3n) is 3.15. The molecule has 0 saturated heterocycles. The average molecular weight is 312 g/mol. The Labute approximate surface area is 121 Å². The molecule has 0 aliphatic carbocycles. The van der Waals surface area contributed by atoms with E-state index in [2.05, 4.69) is 15.4 Å². The predicted octanol–water partition coefficient (Wildman–Crippen LogP) is 0.513. The van der Waals surface area contributed by atoms with Gasteiger partial charge >= 0.3 is 5.97 Å². The SMILES string of the molecule is CCS(=O)(=O)CCNc1c(C(=O)O)cnc2c1cnn2C. The van der Waals surface area contributed by atoms with Crippen LogP contribution >= 0.6 is 0 Å². The summed E-state index contributed by atoms with van der Waals surface area (Å²) >= 11 is 0. The monoisotopic (exact) mass is 312 g/mol. The van der Waals surface area contributed by atoms with Crippen molar-refractivity contribution in [3.8, 4) is 0 Å². The van der Waals surface area contributed by atoms with Crippen molar-refractivity contribution in [1.82, 2.24) is 14.8 Å². The maximum atomic E-state index is 11.5. The van der Waals surface area contributed by atoms with E-state index < -0.39 is 15.8 Å². The topological polar surface area (TPSA) is 114 Å². The van der Waals surface area contributed by atoms with Gasteiger partial charge in [0.25, 0.3) is 0 Å². The minimum absolute atomic E-state index is 0.00982. The number of rotatable bonds is 6. The van der Waals surface area contributed by atoms with E-state index in [1.807, 2.05) is 0 Å². The number of nitrogens with zero attached hydrogens (tertiary/aromatic N) is 3. The van der Waals surface area contributed by atoms with Gasteiger partial charge in [0.15, 0.2) is 15.5 Å². The molecule has 8 nitrogen and oxygen atoms in total. The molecule has 0 radical (unpaired) electrons. The minimum Gasteiger partial charge on any atom is -0.478 e. The summed E-state index contributed by atoms with van der Waals surface area (Å²) in [5.74, 6) is -1.14. The molecule has 0 aromatic carbocycles. The third-order valence-corrected chi connectivity index (χ3v) is 4.85. The lowest BCUT2D eigenvalue weighted by Crippen LogP contribution is -2.18. The van der Waals surface area contributed by atoms with Crippen LogP contribution in [-0.4, -0.2) is 52.3 Å². The van der Waals surface area contributed by atoms with Gasteiger partial charge in [-0.2, -0.15) is 5.10 Å². The summed E-state index contributed by atoms with van der Waals surface area (Å²) in [6.07, 6.45) is 2.74. The lowest BCUT2D eigenvalue weighted by Gasteiger charge is -2.10. The normalized spacial score (nSPS) is 11.7. The number of pyridine rings is 1. The molecule has 2 aromatic rings. The van der Waals surface area contributed by atoms with E-state index in [0.717, 1.165) is 0 Å². The molecular weight excluding hydrogens is 296 g/mol. The fourth-order valence-electron chi connectivity index (χ4n) is 1.92. The van der Waals surface area contributed by atoms with Crippen LogP contribution in [0.15, 0.2) is 12.4 Å². The number of carboxylic acids is 1. The van der Waals surface area contributed by atoms with Crippen LogP contribution in [0.2, 0.25) is 0 Å². The number of hydrogen-bond donors (Lipinski definition) is 2. The Kier molecular flexibility index (Phi) is 4.12. The van der Waals surface area contributed by atoms with Crippen LogP contribution < -0.4 is 5.32 Å². The van der Waals surface area contributed by atoms with Gasteiger partial charge in [-0.1, -0.05) is 6.92 Å². The van der Waals surface area contributed by atoms with E-state index in [1.165, 1.54) is 17.1 Å². The number of hydrogen-bond acceptors (Lipinski definition) is 6. The maximum Gasteiger partial charge on any atom is 0.339 e. The Morgan fingerprint density at radius 2 is 2.14 bits per heavy atom. The number of fused-ring (bicyclic) bond motifs is 1. The van der Waals surface area contributed by atoms with Crippen molar-refractivity contribution in [1.29, 1.82) is 0 Å². The molecule has 0 aliphatic heterocycles. The molecule has 21 heavy (non-hydrogen) atoms. The molecule has 0 atom stereocenters. The summed E-state index contributed by atoms with van der Waals surface area (Å²) in [6, 6.07) is 0. The van der Waals surface area contributed by atoms with Crippen molar-refractivity contribution < 1.29 is 18.3 Å². The van der Waals surface area contributed by atoms with Gasteiger partial charge in [-0.05, 0) is 0 Å². The standard InChI is InChI=1S/C12H16N4O4S/c1-3-21(19,20)5-4-13-10-8-7-15-16(2)11(8)14-6-9(10)12(17)18/h6-7H,3-5H2,1-2H3,(H,13,14)(H,17,18). The van der Waals surface area contributed by atoms with Crippen LogP contribution in [0.4, 0.5) is 5.69 Å². The molecule has 0 bridgehead atoms. The van der Waals surface area contributed by atoms with Crippen LogP contribution in [0.1, 0.15) is 17.3 Å². The molecule has 0 spiro atoms. The van der Waals surface area contributed by atoms with Gasteiger partial charge in [-0.15, -0.1) is 0 Å². The maximum absolute atomic E-state index is 11.5. The van der Waals surface area contributed by atoms with E-state index >= 15 is 0 Å². The first kappa shape index (κ1) is 15.2. The third kappa shape index (κ3) is 3.13. The van der Waals surface area contributed by atoms with Crippen molar-refractivity contribution in [3.05, 3.63) is 18.0 Å². The van der Waals surface area contributed by atoms with Crippen molar-refractivity contribution in [2.75, 3.05) is 23.4 Å². The zero-order chi connectivity index (χ0) is 15.6. The van der Waals surface area contributed by atoms with E-state index in [9.17, 15) is 18.3 Å². The second kappa shape index (κ2) is 5.68. The molecule has 0 amide bonds. The highest BCUT2D eigenvalue weighted by Gasteiger charge is 2.17. The van der Waals surface area contributed by atoms with Crippen molar-refractivity contribution >= 4 is 32.5 Å². The van der Waals surface area contributed by atoms with Crippen LogP contribution in [-0.2, 0) is 16.9 Å². The van der Waals surface area contributed by atoms with Gasteiger partial charge < -0.3 is 10.4 Å². The highest BCUT2D eigenvalue weighted by molar-refractivity contribution is 7.91. The number of aromatic carboxylic acids is 1. The highest BCUT2D eigenvalue weighted by atomic mass is 32.2. The summed E-state index contributed by atoms with van der Waals surface area (Å²) in [6.45, 7) is 1.70. The number of sulfone groups is 1. The molecule has 0 saturated carbocycles. The van der Waals surface area contributed by atoms with E-state index in [0.29, 0.717) is 16.7 Å². The fraction of sp³-hybridized carbons (Fsp3) is 0.417. The zero-order valence-electron chi connectivity index (χ0n) is 11.7. The van der Waals surface area contributed by atoms with Gasteiger partial charge in [0.05, 0.1) is 23.0 Å². The molecule has 0 fully saturated rings. The number of carboxylic acid groups (broad SMARTS) is 1. The lowest BCUT2D eigenvalue weighted by molar-refractivity contribution is 0.0697. The number of aryl methyl sites for hydroxylation is 1. The zero-order valence-corrected chi connectivity index (χ0v) is 12.5. The molecule has 0 unspecified atom stereocenters. The number of aromatic nitrogens is 3. The lowest BCUT2D eigenvalue weighted by atomic mass is 10.2. The first-order valence-electron chi connectivity index (χ1n) is 6.34. The quantitative estimate of drug-likeness (QED) is 0.798. The molecule has 9 heteroatoms. The van der Waals surface area contributed by atoms with Gasteiger partial charge in [-0.25, -0.2) is 18.2 Å². The van der Waals surface area contributed by atoms with Gasteiger partial charge in [0, 0.05) is 25.5 Å². The fourth-order valence-corrected chi connectivity index (χ4v) is 2.63. The largest absolute Gasteiger partial charge is 0.478 e. The second-order valence-electron chi connectivity index (χ2n) is 4.52. The van der Waals surface area contributed by atoms with Crippen LogP contribution in [0.5, 0.6) is 0 Å². The van der Waals surface area contributed by atoms with Gasteiger partial charge in [0.2, 0.25) is 0 Å². The number of nitrogens with one attached hydrogen (secondary N) is 1. The van der Waals surface area contributed by atoms with E-state index in [1.54, 1.807) is 14.0 Å². The van der Waals surface area contributed by atoms with E-state index in [4.69, 9.17) is 0 Å².